The monoisotopic (exact) mass is 324 g/mol. The van der Waals surface area contributed by atoms with E-state index in [9.17, 15) is 4.79 Å². The van der Waals surface area contributed by atoms with Crippen LogP contribution in [0.5, 0.6) is 0 Å². The SMILES string of the molecule is O=C(Nc1cnc(N2CCOCC2)nc1)c1cc2ccccc2o1. The predicted molar refractivity (Wildman–Crippen MR) is 89.2 cm³/mol. The molecule has 24 heavy (non-hydrogen) atoms. The van der Waals surface area contributed by atoms with Gasteiger partial charge in [0.1, 0.15) is 5.58 Å². The van der Waals surface area contributed by atoms with Gasteiger partial charge in [-0.15, -0.1) is 0 Å². The van der Waals surface area contributed by atoms with Crippen molar-refractivity contribution in [3.8, 4) is 0 Å². The molecule has 0 radical (unpaired) electrons. The number of hydrogen-bond acceptors (Lipinski definition) is 6. The smallest absolute Gasteiger partial charge is 0.291 e. The second kappa shape index (κ2) is 6.29. The number of rotatable bonds is 3. The molecule has 0 unspecified atom stereocenters. The first-order valence-corrected chi connectivity index (χ1v) is 7.74. The van der Waals surface area contributed by atoms with Crippen molar-refractivity contribution in [2.45, 2.75) is 0 Å². The van der Waals surface area contributed by atoms with Crippen molar-refractivity contribution in [1.82, 2.24) is 9.97 Å². The zero-order chi connectivity index (χ0) is 16.4. The Bertz CT molecular complexity index is 821. The molecule has 2 aromatic heterocycles. The molecule has 1 fully saturated rings. The molecule has 0 spiro atoms. The molecule has 1 amide bonds. The Morgan fingerprint density at radius 3 is 2.62 bits per heavy atom. The Hall–Kier alpha value is -2.93. The number of morpholine rings is 1. The van der Waals surface area contributed by atoms with Gasteiger partial charge in [-0.25, -0.2) is 9.97 Å². The van der Waals surface area contributed by atoms with E-state index in [-0.39, 0.29) is 11.7 Å². The Labute approximate surface area is 138 Å². The summed E-state index contributed by atoms with van der Waals surface area (Å²) in [5.74, 6) is 0.572. The number of para-hydroxylation sites is 1. The van der Waals surface area contributed by atoms with Crippen LogP contribution in [0.3, 0.4) is 0 Å². The highest BCUT2D eigenvalue weighted by molar-refractivity contribution is 6.04. The van der Waals surface area contributed by atoms with Crippen LogP contribution in [0.15, 0.2) is 47.1 Å². The Kier molecular flexibility index (Phi) is 3.84. The van der Waals surface area contributed by atoms with Crippen molar-refractivity contribution in [1.29, 1.82) is 0 Å². The van der Waals surface area contributed by atoms with E-state index in [0.717, 1.165) is 18.5 Å². The highest BCUT2D eigenvalue weighted by atomic mass is 16.5. The third kappa shape index (κ3) is 2.93. The van der Waals surface area contributed by atoms with E-state index in [0.29, 0.717) is 30.4 Å². The summed E-state index contributed by atoms with van der Waals surface area (Å²) in [7, 11) is 0. The van der Waals surface area contributed by atoms with Crippen molar-refractivity contribution in [3.05, 3.63) is 48.5 Å². The highest BCUT2D eigenvalue weighted by Gasteiger charge is 2.15. The quantitative estimate of drug-likeness (QED) is 0.796. The van der Waals surface area contributed by atoms with Crippen LogP contribution in [0.1, 0.15) is 10.6 Å². The van der Waals surface area contributed by atoms with E-state index in [1.165, 1.54) is 0 Å². The molecular weight excluding hydrogens is 308 g/mol. The number of anilines is 2. The first-order chi connectivity index (χ1) is 11.8. The molecule has 0 atom stereocenters. The first-order valence-electron chi connectivity index (χ1n) is 7.74. The number of hydrogen-bond donors (Lipinski definition) is 1. The van der Waals surface area contributed by atoms with Gasteiger partial charge >= 0.3 is 0 Å². The minimum Gasteiger partial charge on any atom is -0.451 e. The van der Waals surface area contributed by atoms with E-state index in [2.05, 4.69) is 15.3 Å². The summed E-state index contributed by atoms with van der Waals surface area (Å²) in [6.45, 7) is 2.89. The number of fused-ring (bicyclic) bond motifs is 1. The second-order valence-corrected chi connectivity index (χ2v) is 5.47. The molecular formula is C17H16N4O3. The van der Waals surface area contributed by atoms with Crippen LogP contribution in [-0.4, -0.2) is 42.2 Å². The lowest BCUT2D eigenvalue weighted by molar-refractivity contribution is 0.0998. The topological polar surface area (TPSA) is 80.5 Å². The Morgan fingerprint density at radius 1 is 1.12 bits per heavy atom. The number of carbonyl (C=O) groups is 1. The molecule has 3 aromatic rings. The van der Waals surface area contributed by atoms with E-state index in [4.69, 9.17) is 9.15 Å². The maximum Gasteiger partial charge on any atom is 0.291 e. The number of aromatic nitrogens is 2. The summed E-state index contributed by atoms with van der Waals surface area (Å²) >= 11 is 0. The molecule has 122 valence electrons. The fourth-order valence-electron chi connectivity index (χ4n) is 2.60. The number of ether oxygens (including phenoxy) is 1. The number of furan rings is 1. The molecule has 4 rings (SSSR count). The third-order valence-corrected chi connectivity index (χ3v) is 3.84. The van der Waals surface area contributed by atoms with Gasteiger partial charge in [0, 0.05) is 18.5 Å². The van der Waals surface area contributed by atoms with Crippen LogP contribution in [0.2, 0.25) is 0 Å². The Balaban J connectivity index is 1.47. The fraction of sp³-hybridized carbons (Fsp3) is 0.235. The lowest BCUT2D eigenvalue weighted by atomic mass is 10.2. The Morgan fingerprint density at radius 2 is 1.88 bits per heavy atom. The van der Waals surface area contributed by atoms with Crippen molar-refractivity contribution >= 4 is 28.5 Å². The van der Waals surface area contributed by atoms with Crippen LogP contribution < -0.4 is 10.2 Å². The van der Waals surface area contributed by atoms with Gasteiger partial charge in [-0.3, -0.25) is 4.79 Å². The van der Waals surface area contributed by atoms with Gasteiger partial charge in [0.25, 0.3) is 5.91 Å². The predicted octanol–water partition coefficient (Wildman–Crippen LogP) is 2.31. The molecule has 3 heterocycles. The van der Waals surface area contributed by atoms with E-state index in [1.807, 2.05) is 29.2 Å². The van der Waals surface area contributed by atoms with Crippen LogP contribution in [0.25, 0.3) is 11.0 Å². The van der Waals surface area contributed by atoms with Gasteiger partial charge in [-0.2, -0.15) is 0 Å². The van der Waals surface area contributed by atoms with Gasteiger partial charge in [0.2, 0.25) is 5.95 Å². The summed E-state index contributed by atoms with van der Waals surface area (Å²) < 4.78 is 10.9. The second-order valence-electron chi connectivity index (χ2n) is 5.47. The molecule has 1 aliphatic heterocycles. The van der Waals surface area contributed by atoms with Gasteiger partial charge in [0.15, 0.2) is 5.76 Å². The van der Waals surface area contributed by atoms with Crippen LogP contribution in [-0.2, 0) is 4.74 Å². The largest absolute Gasteiger partial charge is 0.451 e. The third-order valence-electron chi connectivity index (χ3n) is 3.84. The molecule has 0 bridgehead atoms. The average molecular weight is 324 g/mol. The number of benzene rings is 1. The number of amides is 1. The van der Waals surface area contributed by atoms with Gasteiger partial charge in [-0.1, -0.05) is 18.2 Å². The molecule has 7 nitrogen and oxygen atoms in total. The van der Waals surface area contributed by atoms with E-state index < -0.39 is 0 Å². The van der Waals surface area contributed by atoms with Crippen molar-refractivity contribution in [2.75, 3.05) is 36.5 Å². The summed E-state index contributed by atoms with van der Waals surface area (Å²) in [5, 5.41) is 3.64. The van der Waals surface area contributed by atoms with Crippen molar-refractivity contribution < 1.29 is 13.9 Å². The average Bonchev–Trinajstić information content (AvgIpc) is 3.07. The molecule has 1 saturated heterocycles. The minimum absolute atomic E-state index is 0.258. The maximum absolute atomic E-state index is 12.3. The summed E-state index contributed by atoms with van der Waals surface area (Å²) in [6, 6.07) is 9.21. The molecule has 7 heteroatoms. The van der Waals surface area contributed by atoms with Gasteiger partial charge in [-0.05, 0) is 12.1 Å². The fourth-order valence-corrected chi connectivity index (χ4v) is 2.60. The molecule has 1 aromatic carbocycles. The number of nitrogens with one attached hydrogen (secondary N) is 1. The zero-order valence-corrected chi connectivity index (χ0v) is 12.9. The lowest BCUT2D eigenvalue weighted by Gasteiger charge is -2.26. The first kappa shape index (κ1) is 14.6. The van der Waals surface area contributed by atoms with Crippen LogP contribution >= 0.6 is 0 Å². The van der Waals surface area contributed by atoms with Gasteiger partial charge < -0.3 is 19.4 Å². The van der Waals surface area contributed by atoms with Crippen LogP contribution in [0, 0.1) is 0 Å². The summed E-state index contributed by atoms with van der Waals surface area (Å²) in [4.78, 5) is 22.9. The number of nitrogens with zero attached hydrogens (tertiary/aromatic N) is 3. The standard InChI is InChI=1S/C17H16N4O3/c22-16(15-9-12-3-1-2-4-14(12)24-15)20-13-10-18-17(19-11-13)21-5-7-23-8-6-21/h1-4,9-11H,5-8H2,(H,20,22). The van der Waals surface area contributed by atoms with Crippen LogP contribution in [0.4, 0.5) is 11.6 Å². The number of carbonyl (C=O) groups excluding carboxylic acids is 1. The molecule has 0 saturated carbocycles. The van der Waals surface area contributed by atoms with E-state index >= 15 is 0 Å². The lowest BCUT2D eigenvalue weighted by Crippen LogP contribution is -2.37. The maximum atomic E-state index is 12.3. The minimum atomic E-state index is -0.325. The van der Waals surface area contributed by atoms with Crippen molar-refractivity contribution in [3.63, 3.8) is 0 Å². The van der Waals surface area contributed by atoms with Gasteiger partial charge in [0.05, 0.1) is 31.3 Å². The highest BCUT2D eigenvalue weighted by Crippen LogP contribution is 2.20. The van der Waals surface area contributed by atoms with Crippen molar-refractivity contribution in [2.24, 2.45) is 0 Å². The normalized spacial score (nSPS) is 14.8. The molecule has 0 aliphatic carbocycles. The molecule has 1 aliphatic rings. The molecule has 1 N–H and O–H groups in total. The summed E-state index contributed by atoms with van der Waals surface area (Å²) in [5.41, 5.74) is 1.21. The van der Waals surface area contributed by atoms with E-state index in [1.54, 1.807) is 18.5 Å². The summed E-state index contributed by atoms with van der Waals surface area (Å²) in [6.07, 6.45) is 3.19. The zero-order valence-electron chi connectivity index (χ0n) is 12.9.